The van der Waals surface area contributed by atoms with Crippen LogP contribution in [0.3, 0.4) is 0 Å². The SMILES string of the molecule is Cc1ccc(-c2cc3c(-c4cccnc4)ccc(NC=O)c3[nH]2)cc1. The van der Waals surface area contributed by atoms with Gasteiger partial charge in [0.05, 0.1) is 11.2 Å². The number of carbonyl (C=O) groups excluding carboxylic acids is 1. The van der Waals surface area contributed by atoms with E-state index in [-0.39, 0.29) is 0 Å². The minimum Gasteiger partial charge on any atom is -0.353 e. The van der Waals surface area contributed by atoms with E-state index in [1.807, 2.05) is 30.5 Å². The second kappa shape index (κ2) is 6.24. The van der Waals surface area contributed by atoms with Crippen molar-refractivity contribution in [3.8, 4) is 22.4 Å². The molecule has 2 N–H and O–H groups in total. The summed E-state index contributed by atoms with van der Waals surface area (Å²) in [6.07, 6.45) is 4.31. The van der Waals surface area contributed by atoms with E-state index in [2.05, 4.69) is 52.5 Å². The van der Waals surface area contributed by atoms with Gasteiger partial charge >= 0.3 is 0 Å². The maximum atomic E-state index is 11.0. The number of anilines is 1. The maximum absolute atomic E-state index is 11.0. The smallest absolute Gasteiger partial charge is 0.211 e. The van der Waals surface area contributed by atoms with E-state index in [1.54, 1.807) is 6.20 Å². The molecule has 4 aromatic rings. The molecule has 0 spiro atoms. The molecule has 0 saturated heterocycles. The van der Waals surface area contributed by atoms with Crippen LogP contribution in [0.25, 0.3) is 33.3 Å². The van der Waals surface area contributed by atoms with Gasteiger partial charge in [-0.25, -0.2) is 0 Å². The van der Waals surface area contributed by atoms with Crippen LogP contribution in [-0.2, 0) is 4.79 Å². The molecule has 0 unspecified atom stereocenters. The Morgan fingerprint density at radius 3 is 2.60 bits per heavy atom. The molecule has 0 bridgehead atoms. The Morgan fingerprint density at radius 1 is 1.04 bits per heavy atom. The number of fused-ring (bicyclic) bond motifs is 1. The first kappa shape index (κ1) is 15.1. The van der Waals surface area contributed by atoms with Crippen molar-refractivity contribution in [3.05, 3.63) is 72.6 Å². The van der Waals surface area contributed by atoms with E-state index < -0.39 is 0 Å². The third kappa shape index (κ3) is 2.78. The lowest BCUT2D eigenvalue weighted by molar-refractivity contribution is -0.105. The number of amides is 1. The standard InChI is InChI=1S/C21H17N3O/c1-14-4-6-15(7-5-14)20-11-18-17(16-3-2-10-22-12-16)8-9-19(23-13-25)21(18)24-20/h2-13,24H,1H3,(H,23,25). The van der Waals surface area contributed by atoms with Gasteiger partial charge < -0.3 is 10.3 Å². The van der Waals surface area contributed by atoms with Crippen molar-refractivity contribution in [1.82, 2.24) is 9.97 Å². The molecule has 0 aliphatic heterocycles. The Hall–Kier alpha value is -3.40. The number of nitrogens with zero attached hydrogens (tertiary/aromatic N) is 1. The number of nitrogens with one attached hydrogen (secondary N) is 2. The summed E-state index contributed by atoms with van der Waals surface area (Å²) in [4.78, 5) is 18.6. The largest absolute Gasteiger partial charge is 0.353 e. The van der Waals surface area contributed by atoms with Gasteiger partial charge in [-0.15, -0.1) is 0 Å². The number of carbonyl (C=O) groups is 1. The fourth-order valence-electron chi connectivity index (χ4n) is 3.07. The molecule has 4 heteroatoms. The molecule has 4 rings (SSSR count). The highest BCUT2D eigenvalue weighted by molar-refractivity contribution is 6.05. The van der Waals surface area contributed by atoms with Crippen LogP contribution in [0.15, 0.2) is 67.0 Å². The number of pyridine rings is 1. The van der Waals surface area contributed by atoms with Gasteiger partial charge in [0.2, 0.25) is 6.41 Å². The molecule has 0 atom stereocenters. The van der Waals surface area contributed by atoms with Crippen molar-refractivity contribution in [2.24, 2.45) is 0 Å². The van der Waals surface area contributed by atoms with Crippen LogP contribution in [0.5, 0.6) is 0 Å². The van der Waals surface area contributed by atoms with Gasteiger partial charge in [0.15, 0.2) is 0 Å². The molecule has 0 aliphatic carbocycles. The Balaban J connectivity index is 1.95. The first-order valence-corrected chi connectivity index (χ1v) is 8.09. The fourth-order valence-corrected chi connectivity index (χ4v) is 3.07. The highest BCUT2D eigenvalue weighted by Crippen LogP contribution is 2.35. The fraction of sp³-hybridized carbons (Fsp3) is 0.0476. The van der Waals surface area contributed by atoms with Crippen molar-refractivity contribution in [2.45, 2.75) is 6.92 Å². The van der Waals surface area contributed by atoms with Crippen molar-refractivity contribution >= 4 is 23.0 Å². The van der Waals surface area contributed by atoms with E-state index in [0.717, 1.165) is 39.0 Å². The van der Waals surface area contributed by atoms with E-state index >= 15 is 0 Å². The molecule has 2 aromatic carbocycles. The molecule has 4 nitrogen and oxygen atoms in total. The molecule has 25 heavy (non-hydrogen) atoms. The van der Waals surface area contributed by atoms with Gasteiger partial charge in [0.1, 0.15) is 0 Å². The van der Waals surface area contributed by atoms with Crippen molar-refractivity contribution < 1.29 is 4.79 Å². The Labute approximate surface area is 145 Å². The Kier molecular flexibility index (Phi) is 3.78. The zero-order valence-corrected chi connectivity index (χ0v) is 13.8. The quantitative estimate of drug-likeness (QED) is 0.530. The van der Waals surface area contributed by atoms with E-state index in [4.69, 9.17) is 0 Å². The number of H-pyrrole nitrogens is 1. The zero-order chi connectivity index (χ0) is 17.2. The van der Waals surface area contributed by atoms with E-state index in [0.29, 0.717) is 6.41 Å². The lowest BCUT2D eigenvalue weighted by Gasteiger charge is -2.06. The van der Waals surface area contributed by atoms with E-state index in [1.165, 1.54) is 5.56 Å². The van der Waals surface area contributed by atoms with Crippen LogP contribution in [0.2, 0.25) is 0 Å². The summed E-state index contributed by atoms with van der Waals surface area (Å²) < 4.78 is 0. The normalized spacial score (nSPS) is 10.8. The first-order chi connectivity index (χ1) is 12.3. The lowest BCUT2D eigenvalue weighted by Crippen LogP contribution is -1.95. The molecule has 2 aromatic heterocycles. The molecule has 2 heterocycles. The van der Waals surface area contributed by atoms with Gasteiger partial charge in [-0.2, -0.15) is 0 Å². The maximum Gasteiger partial charge on any atom is 0.211 e. The molecule has 0 saturated carbocycles. The number of aromatic nitrogens is 2. The Bertz CT molecular complexity index is 1030. The second-order valence-corrected chi connectivity index (χ2v) is 6.00. The van der Waals surface area contributed by atoms with Crippen molar-refractivity contribution in [2.75, 3.05) is 5.32 Å². The van der Waals surface area contributed by atoms with Crippen molar-refractivity contribution in [1.29, 1.82) is 0 Å². The number of aromatic amines is 1. The summed E-state index contributed by atoms with van der Waals surface area (Å²) in [5.41, 5.74) is 7.13. The van der Waals surface area contributed by atoms with E-state index in [9.17, 15) is 4.79 Å². The average molecular weight is 327 g/mol. The van der Waals surface area contributed by atoms with Gasteiger partial charge in [0, 0.05) is 29.0 Å². The van der Waals surface area contributed by atoms with Crippen LogP contribution in [0.1, 0.15) is 5.56 Å². The summed E-state index contributed by atoms with van der Waals surface area (Å²) in [5.74, 6) is 0. The molecular weight excluding hydrogens is 310 g/mol. The summed E-state index contributed by atoms with van der Waals surface area (Å²) in [6, 6.07) is 18.4. The van der Waals surface area contributed by atoms with Gasteiger partial charge in [-0.05, 0) is 36.2 Å². The van der Waals surface area contributed by atoms with Crippen LogP contribution in [-0.4, -0.2) is 16.4 Å². The second-order valence-electron chi connectivity index (χ2n) is 6.00. The monoisotopic (exact) mass is 327 g/mol. The highest BCUT2D eigenvalue weighted by Gasteiger charge is 2.12. The van der Waals surface area contributed by atoms with Crippen LogP contribution in [0, 0.1) is 6.92 Å². The highest BCUT2D eigenvalue weighted by atomic mass is 16.1. The third-order valence-corrected chi connectivity index (χ3v) is 4.34. The van der Waals surface area contributed by atoms with Crippen molar-refractivity contribution in [3.63, 3.8) is 0 Å². The number of hydrogen-bond donors (Lipinski definition) is 2. The first-order valence-electron chi connectivity index (χ1n) is 8.09. The van der Waals surface area contributed by atoms with Gasteiger partial charge in [-0.3, -0.25) is 9.78 Å². The van der Waals surface area contributed by atoms with Crippen LogP contribution in [0.4, 0.5) is 5.69 Å². The van der Waals surface area contributed by atoms with Gasteiger partial charge in [0.25, 0.3) is 0 Å². The molecule has 0 radical (unpaired) electrons. The number of aryl methyl sites for hydroxylation is 1. The molecular formula is C21H17N3O. The molecule has 1 amide bonds. The topological polar surface area (TPSA) is 57.8 Å². The third-order valence-electron chi connectivity index (χ3n) is 4.34. The van der Waals surface area contributed by atoms with Gasteiger partial charge in [-0.1, -0.05) is 42.0 Å². The summed E-state index contributed by atoms with van der Waals surface area (Å²) in [7, 11) is 0. The Morgan fingerprint density at radius 2 is 1.88 bits per heavy atom. The zero-order valence-electron chi connectivity index (χ0n) is 13.8. The number of benzene rings is 2. The minimum absolute atomic E-state index is 0.699. The summed E-state index contributed by atoms with van der Waals surface area (Å²) in [6.45, 7) is 2.07. The predicted octanol–water partition coefficient (Wildman–Crippen LogP) is 4.77. The minimum atomic E-state index is 0.699. The lowest BCUT2D eigenvalue weighted by atomic mass is 10.0. The molecule has 0 aliphatic rings. The summed E-state index contributed by atoms with van der Waals surface area (Å²) in [5, 5.41) is 3.83. The predicted molar refractivity (Wildman–Crippen MR) is 101 cm³/mol. The number of hydrogen-bond acceptors (Lipinski definition) is 2. The van der Waals surface area contributed by atoms with Crippen LogP contribution < -0.4 is 5.32 Å². The molecule has 122 valence electrons. The summed E-state index contributed by atoms with van der Waals surface area (Å²) >= 11 is 0. The number of rotatable bonds is 4. The van der Waals surface area contributed by atoms with Crippen LogP contribution >= 0.6 is 0 Å². The molecule has 0 fully saturated rings. The average Bonchev–Trinajstić information content (AvgIpc) is 3.09.